The Morgan fingerprint density at radius 1 is 0.739 bits per heavy atom. The van der Waals surface area contributed by atoms with E-state index in [9.17, 15) is 14.4 Å². The molecule has 5 rings (SSSR count). The number of alkyl carbamates (subject to hydrolysis) is 1. The molecule has 4 aromatic carbocycles. The first kappa shape index (κ1) is 32.0. The van der Waals surface area contributed by atoms with Crippen LogP contribution in [0, 0.1) is 0 Å². The summed E-state index contributed by atoms with van der Waals surface area (Å²) in [7, 11) is 0. The van der Waals surface area contributed by atoms with Crippen LogP contribution >= 0.6 is 0 Å². The van der Waals surface area contributed by atoms with Crippen LogP contribution in [0.4, 0.5) is 4.79 Å². The summed E-state index contributed by atoms with van der Waals surface area (Å²) in [5, 5.41) is 7.14. The number of ether oxygens (including phenoxy) is 1. The van der Waals surface area contributed by atoms with E-state index in [1.165, 1.54) is 6.08 Å². The molecule has 0 aliphatic carbocycles. The monoisotopic (exact) mass is 613 g/mol. The average molecular weight is 614 g/mol. The second-order valence-corrected chi connectivity index (χ2v) is 12.1. The SMILES string of the molecule is CC(C)(C)OC(=O)N[C@H](/C=C/C(=O)n1ccc2ccccc21)CCC(=O)NC(c1ccccc1)(c1ccccc1)c1ccccc1. The van der Waals surface area contributed by atoms with Crippen LogP contribution in [0.15, 0.2) is 140 Å². The molecule has 2 N–H and O–H groups in total. The zero-order valence-corrected chi connectivity index (χ0v) is 26.4. The minimum atomic E-state index is -0.962. The highest BCUT2D eigenvalue weighted by molar-refractivity contribution is 5.98. The van der Waals surface area contributed by atoms with E-state index in [0.717, 1.165) is 27.6 Å². The highest BCUT2D eigenvalue weighted by Crippen LogP contribution is 2.37. The number of benzene rings is 4. The van der Waals surface area contributed by atoms with Gasteiger partial charge in [0, 0.05) is 24.1 Å². The Bertz CT molecular complexity index is 1710. The number of aromatic nitrogens is 1. The number of rotatable bonds is 10. The smallest absolute Gasteiger partial charge is 0.408 e. The van der Waals surface area contributed by atoms with Gasteiger partial charge in [-0.15, -0.1) is 0 Å². The Morgan fingerprint density at radius 3 is 1.80 bits per heavy atom. The summed E-state index contributed by atoms with van der Waals surface area (Å²) >= 11 is 0. The maximum absolute atomic E-state index is 13.9. The molecule has 7 heteroatoms. The van der Waals surface area contributed by atoms with Crippen LogP contribution in [-0.2, 0) is 15.1 Å². The van der Waals surface area contributed by atoms with E-state index in [0.29, 0.717) is 0 Å². The summed E-state index contributed by atoms with van der Waals surface area (Å²) in [5.41, 5.74) is 1.84. The fraction of sp³-hybridized carbons (Fsp3) is 0.205. The predicted molar refractivity (Wildman–Crippen MR) is 181 cm³/mol. The molecular weight excluding hydrogens is 574 g/mol. The van der Waals surface area contributed by atoms with Crippen LogP contribution in [0.25, 0.3) is 10.9 Å². The topological polar surface area (TPSA) is 89.4 Å². The van der Waals surface area contributed by atoms with Crippen molar-refractivity contribution in [3.8, 4) is 0 Å². The number of hydrogen-bond donors (Lipinski definition) is 2. The molecule has 0 saturated carbocycles. The fourth-order valence-corrected chi connectivity index (χ4v) is 5.57. The van der Waals surface area contributed by atoms with E-state index in [2.05, 4.69) is 10.6 Å². The van der Waals surface area contributed by atoms with Gasteiger partial charge >= 0.3 is 6.09 Å². The number of hydrogen-bond acceptors (Lipinski definition) is 4. The van der Waals surface area contributed by atoms with Gasteiger partial charge < -0.3 is 15.4 Å². The quantitative estimate of drug-likeness (QED) is 0.125. The van der Waals surface area contributed by atoms with Crippen LogP contribution in [0.2, 0.25) is 0 Å². The first-order valence-electron chi connectivity index (χ1n) is 15.4. The summed E-state index contributed by atoms with van der Waals surface area (Å²) in [6.07, 6.45) is 4.43. The van der Waals surface area contributed by atoms with E-state index in [1.807, 2.05) is 121 Å². The third kappa shape index (κ3) is 7.61. The van der Waals surface area contributed by atoms with Crippen LogP contribution in [0.5, 0.6) is 0 Å². The van der Waals surface area contributed by atoms with Crippen LogP contribution in [-0.4, -0.2) is 34.1 Å². The first-order valence-corrected chi connectivity index (χ1v) is 15.4. The third-order valence-corrected chi connectivity index (χ3v) is 7.64. The van der Waals surface area contributed by atoms with Crippen molar-refractivity contribution in [1.82, 2.24) is 15.2 Å². The van der Waals surface area contributed by atoms with Crippen molar-refractivity contribution in [3.05, 3.63) is 156 Å². The number of para-hydroxylation sites is 1. The molecule has 0 fully saturated rings. The molecule has 0 aliphatic rings. The van der Waals surface area contributed by atoms with Crippen molar-refractivity contribution in [3.63, 3.8) is 0 Å². The predicted octanol–water partition coefficient (Wildman–Crippen LogP) is 7.62. The van der Waals surface area contributed by atoms with Gasteiger partial charge in [-0.1, -0.05) is 115 Å². The lowest BCUT2D eigenvalue weighted by Crippen LogP contribution is -2.48. The molecule has 2 amide bonds. The number of carbonyl (C=O) groups is 3. The minimum Gasteiger partial charge on any atom is -0.444 e. The Morgan fingerprint density at radius 2 is 1.26 bits per heavy atom. The minimum absolute atomic E-state index is 0.0691. The van der Waals surface area contributed by atoms with Gasteiger partial charge in [0.25, 0.3) is 5.91 Å². The Hall–Kier alpha value is -5.43. The lowest BCUT2D eigenvalue weighted by Gasteiger charge is -2.37. The largest absolute Gasteiger partial charge is 0.444 e. The summed E-state index contributed by atoms with van der Waals surface area (Å²) < 4.78 is 7.04. The van der Waals surface area contributed by atoms with Gasteiger partial charge in [0.2, 0.25) is 5.91 Å². The summed E-state index contributed by atoms with van der Waals surface area (Å²) in [6, 6.07) is 38.5. The molecule has 1 atom stereocenters. The molecule has 1 aromatic heterocycles. The van der Waals surface area contributed by atoms with Crippen molar-refractivity contribution in [1.29, 1.82) is 0 Å². The van der Waals surface area contributed by atoms with Gasteiger partial charge in [-0.3, -0.25) is 14.2 Å². The fourth-order valence-electron chi connectivity index (χ4n) is 5.57. The molecule has 0 saturated heterocycles. The van der Waals surface area contributed by atoms with E-state index in [1.54, 1.807) is 37.6 Å². The number of allylic oxidation sites excluding steroid dienone is 1. The third-order valence-electron chi connectivity index (χ3n) is 7.64. The number of nitrogens with zero attached hydrogens (tertiary/aromatic N) is 1. The van der Waals surface area contributed by atoms with E-state index in [4.69, 9.17) is 4.74 Å². The number of fused-ring (bicyclic) bond motifs is 1. The number of carbonyl (C=O) groups excluding carboxylic acids is 3. The van der Waals surface area contributed by atoms with Crippen LogP contribution in [0.3, 0.4) is 0 Å². The van der Waals surface area contributed by atoms with Crippen molar-refractivity contribution in [2.45, 2.75) is 50.8 Å². The maximum Gasteiger partial charge on any atom is 0.408 e. The van der Waals surface area contributed by atoms with Crippen LogP contribution < -0.4 is 10.6 Å². The standard InChI is InChI=1S/C39H39N3O4/c1-38(2,3)46-37(45)40-33(24-26-36(44)42-28-27-29-15-13-14-22-34(29)42)23-25-35(43)41-39(30-16-7-4-8-17-30,31-18-9-5-10-19-31)32-20-11-6-12-21-32/h4-22,24,26-28,33H,23,25H2,1-3H3,(H,40,45)(H,41,43)/b26-24+/t33-/m0/s1. The highest BCUT2D eigenvalue weighted by Gasteiger charge is 2.37. The molecule has 1 heterocycles. The lowest BCUT2D eigenvalue weighted by molar-refractivity contribution is -0.122. The average Bonchev–Trinajstić information content (AvgIpc) is 3.49. The second-order valence-electron chi connectivity index (χ2n) is 12.1. The Kier molecular flexibility index (Phi) is 9.82. The second kappa shape index (κ2) is 14.1. The molecule has 7 nitrogen and oxygen atoms in total. The zero-order valence-electron chi connectivity index (χ0n) is 26.4. The maximum atomic E-state index is 13.9. The lowest BCUT2D eigenvalue weighted by atomic mass is 9.77. The van der Waals surface area contributed by atoms with Gasteiger partial charge in [0.1, 0.15) is 11.1 Å². The highest BCUT2D eigenvalue weighted by atomic mass is 16.6. The molecule has 46 heavy (non-hydrogen) atoms. The summed E-state index contributed by atoms with van der Waals surface area (Å²) in [4.78, 5) is 39.9. The van der Waals surface area contributed by atoms with Crippen molar-refractivity contribution >= 4 is 28.8 Å². The Balaban J connectivity index is 1.41. The summed E-state index contributed by atoms with van der Waals surface area (Å²) in [6.45, 7) is 5.34. The first-order chi connectivity index (χ1) is 22.2. The van der Waals surface area contributed by atoms with Crippen molar-refractivity contribution < 1.29 is 19.1 Å². The van der Waals surface area contributed by atoms with Crippen molar-refractivity contribution in [2.24, 2.45) is 0 Å². The molecule has 0 unspecified atom stereocenters. The number of nitrogens with one attached hydrogen (secondary N) is 2. The molecule has 0 bridgehead atoms. The van der Waals surface area contributed by atoms with Gasteiger partial charge in [-0.25, -0.2) is 4.79 Å². The van der Waals surface area contributed by atoms with Gasteiger partial charge in [-0.2, -0.15) is 0 Å². The molecule has 5 aromatic rings. The van der Waals surface area contributed by atoms with Crippen molar-refractivity contribution in [2.75, 3.05) is 0 Å². The Labute approximate surface area is 269 Å². The van der Waals surface area contributed by atoms with Crippen LogP contribution in [0.1, 0.15) is 55.1 Å². The normalized spacial score (nSPS) is 12.5. The molecule has 0 aliphatic heterocycles. The molecular formula is C39H39N3O4. The van der Waals surface area contributed by atoms with Gasteiger partial charge in [-0.05, 0) is 56.0 Å². The molecule has 234 valence electrons. The van der Waals surface area contributed by atoms with Gasteiger partial charge in [0.05, 0.1) is 11.6 Å². The van der Waals surface area contributed by atoms with Gasteiger partial charge in [0.15, 0.2) is 0 Å². The molecule has 0 radical (unpaired) electrons. The molecule has 0 spiro atoms. The van der Waals surface area contributed by atoms with E-state index >= 15 is 0 Å². The van der Waals surface area contributed by atoms with E-state index < -0.39 is 23.3 Å². The van der Waals surface area contributed by atoms with E-state index in [-0.39, 0.29) is 24.7 Å². The summed E-state index contributed by atoms with van der Waals surface area (Å²) in [5.74, 6) is -0.485. The number of amides is 2. The zero-order chi connectivity index (χ0) is 32.6.